The molecule has 0 aliphatic carbocycles. The first-order chi connectivity index (χ1) is 18.0. The third-order valence-electron chi connectivity index (χ3n) is 6.81. The van der Waals surface area contributed by atoms with Crippen LogP contribution in [0.3, 0.4) is 0 Å². The van der Waals surface area contributed by atoms with Crippen LogP contribution in [-0.4, -0.2) is 41.2 Å². The molecule has 1 fully saturated rings. The summed E-state index contributed by atoms with van der Waals surface area (Å²) in [6.07, 6.45) is 2.27. The van der Waals surface area contributed by atoms with E-state index in [1.54, 1.807) is 0 Å². The Kier molecular flexibility index (Phi) is 7.76. The Hall–Kier alpha value is -3.36. The fourth-order valence-corrected chi connectivity index (χ4v) is 5.84. The first kappa shape index (κ1) is 25.3. The fourth-order valence-electron chi connectivity index (χ4n) is 4.88. The highest BCUT2D eigenvalue weighted by Gasteiger charge is 2.41. The van der Waals surface area contributed by atoms with Crippen LogP contribution in [0.1, 0.15) is 48.9 Å². The van der Waals surface area contributed by atoms with E-state index in [0.29, 0.717) is 17.8 Å². The van der Waals surface area contributed by atoms with Gasteiger partial charge in [-0.1, -0.05) is 66.4 Å². The average molecular weight is 518 g/mol. The second-order valence-electron chi connectivity index (χ2n) is 9.43. The lowest BCUT2D eigenvalue weighted by Gasteiger charge is -2.37. The second kappa shape index (κ2) is 11.4. The van der Waals surface area contributed by atoms with E-state index in [0.717, 1.165) is 47.0 Å². The molecule has 3 aliphatic rings. The highest BCUT2D eigenvalue weighted by Crippen LogP contribution is 2.45. The summed E-state index contributed by atoms with van der Waals surface area (Å²) < 4.78 is 11.4. The minimum atomic E-state index is -0.441. The molecule has 3 heterocycles. The van der Waals surface area contributed by atoms with Gasteiger partial charge in [0.25, 0.3) is 0 Å². The predicted octanol–water partition coefficient (Wildman–Crippen LogP) is 5.00. The van der Waals surface area contributed by atoms with Gasteiger partial charge in [-0.25, -0.2) is 9.79 Å². The molecule has 0 saturated carbocycles. The van der Waals surface area contributed by atoms with E-state index in [9.17, 15) is 9.59 Å². The molecule has 0 aromatic heterocycles. The Morgan fingerprint density at radius 1 is 1.14 bits per heavy atom. The standard InChI is InChI=1S/C29H31N3O4S/c1-19-9-6-7-13-24(19)27-26(28(34)36-17-21-10-4-3-5-11-21)20(2)31-29-32(27)22(18-37-29)15-25(33)30-16-23-12-8-14-35-23/h3-7,9-11,13,18,23,27H,8,12,14-17H2,1-2H3,(H,30,33)/t23-,27+/m0/s1. The van der Waals surface area contributed by atoms with Crippen molar-refractivity contribution in [1.29, 1.82) is 0 Å². The number of amidine groups is 1. The van der Waals surface area contributed by atoms with Gasteiger partial charge < -0.3 is 19.7 Å². The van der Waals surface area contributed by atoms with Crippen LogP contribution in [0.25, 0.3) is 0 Å². The molecule has 2 aromatic rings. The van der Waals surface area contributed by atoms with Crippen molar-refractivity contribution < 1.29 is 19.1 Å². The van der Waals surface area contributed by atoms with E-state index in [-0.39, 0.29) is 25.0 Å². The maximum absolute atomic E-state index is 13.5. The van der Waals surface area contributed by atoms with Gasteiger partial charge in [0.15, 0.2) is 5.17 Å². The number of hydrogen-bond acceptors (Lipinski definition) is 7. The van der Waals surface area contributed by atoms with Crippen molar-refractivity contribution in [3.63, 3.8) is 0 Å². The summed E-state index contributed by atoms with van der Waals surface area (Å²) in [7, 11) is 0. The van der Waals surface area contributed by atoms with Gasteiger partial charge in [0.2, 0.25) is 5.91 Å². The fraction of sp³-hybridized carbons (Fsp3) is 0.345. The molecule has 7 nitrogen and oxygen atoms in total. The maximum atomic E-state index is 13.5. The number of nitrogens with one attached hydrogen (secondary N) is 1. The normalized spacial score (nSPS) is 20.9. The molecule has 0 radical (unpaired) electrons. The average Bonchev–Trinajstić information content (AvgIpc) is 3.56. The summed E-state index contributed by atoms with van der Waals surface area (Å²) in [5, 5.41) is 5.73. The number of carbonyl (C=O) groups excluding carboxylic acids is 2. The quantitative estimate of drug-likeness (QED) is 0.497. The van der Waals surface area contributed by atoms with Crippen LogP contribution in [0, 0.1) is 6.92 Å². The van der Waals surface area contributed by atoms with Crippen LogP contribution in [0.4, 0.5) is 0 Å². The van der Waals surface area contributed by atoms with Crippen LogP contribution in [0.15, 0.2) is 82.0 Å². The van der Waals surface area contributed by atoms with E-state index in [1.165, 1.54) is 11.8 Å². The number of fused-ring (bicyclic) bond motifs is 1. The highest BCUT2D eigenvalue weighted by atomic mass is 32.2. The number of amides is 1. The van der Waals surface area contributed by atoms with Gasteiger partial charge >= 0.3 is 5.97 Å². The number of nitrogens with zero attached hydrogens (tertiary/aromatic N) is 2. The van der Waals surface area contributed by atoms with E-state index in [2.05, 4.69) is 5.32 Å². The third kappa shape index (κ3) is 5.65. The SMILES string of the molecule is CC1=C(C(=O)OCc2ccccc2)[C@@H](c2ccccc2C)N2C(CC(=O)NC[C@@H]3CCCO3)=CSC2=N1. The minimum absolute atomic E-state index is 0.0772. The van der Waals surface area contributed by atoms with Crippen LogP contribution >= 0.6 is 11.8 Å². The van der Waals surface area contributed by atoms with Gasteiger partial charge in [0.05, 0.1) is 29.8 Å². The summed E-state index contributed by atoms with van der Waals surface area (Å²) in [6, 6.07) is 17.2. The molecule has 192 valence electrons. The molecule has 5 rings (SSSR count). The van der Waals surface area contributed by atoms with Crippen molar-refractivity contribution in [3.05, 3.63) is 93.7 Å². The molecule has 0 unspecified atom stereocenters. The predicted molar refractivity (Wildman–Crippen MR) is 144 cm³/mol. The molecular weight excluding hydrogens is 486 g/mol. The number of allylic oxidation sites excluding steroid dienone is 1. The zero-order valence-corrected chi connectivity index (χ0v) is 21.9. The minimum Gasteiger partial charge on any atom is -0.457 e. The van der Waals surface area contributed by atoms with E-state index in [4.69, 9.17) is 14.5 Å². The first-order valence-electron chi connectivity index (χ1n) is 12.6. The molecule has 1 amide bonds. The number of aryl methyl sites for hydroxylation is 1. The molecule has 37 heavy (non-hydrogen) atoms. The van der Waals surface area contributed by atoms with Crippen LogP contribution < -0.4 is 5.32 Å². The Bertz CT molecular complexity index is 1260. The topological polar surface area (TPSA) is 80.2 Å². The number of carbonyl (C=O) groups is 2. The van der Waals surface area contributed by atoms with Gasteiger partial charge in [0, 0.05) is 18.8 Å². The molecule has 1 saturated heterocycles. The van der Waals surface area contributed by atoms with Crippen LogP contribution in [0.2, 0.25) is 0 Å². The lowest BCUT2D eigenvalue weighted by Crippen LogP contribution is -2.39. The molecule has 3 aliphatic heterocycles. The smallest absolute Gasteiger partial charge is 0.338 e. The van der Waals surface area contributed by atoms with Crippen molar-refractivity contribution in [2.24, 2.45) is 4.99 Å². The molecule has 8 heteroatoms. The summed E-state index contributed by atoms with van der Waals surface area (Å²) in [5.74, 6) is -0.483. The third-order valence-corrected chi connectivity index (χ3v) is 7.70. The monoisotopic (exact) mass is 517 g/mol. The van der Waals surface area contributed by atoms with Gasteiger partial charge in [-0.3, -0.25) is 4.79 Å². The zero-order chi connectivity index (χ0) is 25.8. The van der Waals surface area contributed by atoms with Gasteiger partial charge in [0.1, 0.15) is 6.61 Å². The van der Waals surface area contributed by atoms with Crippen molar-refractivity contribution in [2.45, 2.75) is 51.9 Å². The van der Waals surface area contributed by atoms with Gasteiger partial charge in [-0.05, 0) is 48.8 Å². The molecule has 0 spiro atoms. The number of thioether (sulfide) groups is 1. The Labute approximate surface area is 221 Å². The molecular formula is C29H31N3O4S. The van der Waals surface area contributed by atoms with Crippen molar-refractivity contribution in [1.82, 2.24) is 10.2 Å². The first-order valence-corrected chi connectivity index (χ1v) is 13.5. The van der Waals surface area contributed by atoms with E-state index >= 15 is 0 Å². The lowest BCUT2D eigenvalue weighted by molar-refractivity contribution is -0.141. The highest BCUT2D eigenvalue weighted by molar-refractivity contribution is 8.16. The number of aliphatic imine (C=N–C) groups is 1. The van der Waals surface area contributed by atoms with Crippen molar-refractivity contribution >= 4 is 28.8 Å². The summed E-state index contributed by atoms with van der Waals surface area (Å²) in [5.41, 5.74) is 4.87. The second-order valence-corrected chi connectivity index (χ2v) is 10.3. The number of rotatable bonds is 8. The molecule has 1 N–H and O–H groups in total. The van der Waals surface area contributed by atoms with Gasteiger partial charge in [-0.2, -0.15) is 0 Å². The summed E-state index contributed by atoms with van der Waals surface area (Å²) >= 11 is 1.47. The van der Waals surface area contributed by atoms with E-state index in [1.807, 2.05) is 78.8 Å². The Balaban J connectivity index is 1.40. The Morgan fingerprint density at radius 3 is 2.68 bits per heavy atom. The summed E-state index contributed by atoms with van der Waals surface area (Å²) in [4.78, 5) is 33.2. The largest absolute Gasteiger partial charge is 0.457 e. The maximum Gasteiger partial charge on any atom is 0.338 e. The number of benzene rings is 2. The van der Waals surface area contributed by atoms with E-state index < -0.39 is 12.0 Å². The lowest BCUT2D eigenvalue weighted by atomic mass is 9.91. The number of hydrogen-bond donors (Lipinski definition) is 1. The molecule has 0 bridgehead atoms. The zero-order valence-electron chi connectivity index (χ0n) is 21.1. The Morgan fingerprint density at radius 2 is 1.92 bits per heavy atom. The van der Waals surface area contributed by atoms with Gasteiger partial charge in [-0.15, -0.1) is 0 Å². The van der Waals surface area contributed by atoms with Crippen molar-refractivity contribution in [2.75, 3.05) is 13.2 Å². The van der Waals surface area contributed by atoms with Crippen molar-refractivity contribution in [3.8, 4) is 0 Å². The number of ether oxygens (including phenoxy) is 2. The van der Waals surface area contributed by atoms with Crippen LogP contribution in [-0.2, 0) is 25.7 Å². The molecule has 2 aromatic carbocycles. The summed E-state index contributed by atoms with van der Waals surface area (Å²) in [6.45, 7) is 5.32. The molecule has 2 atom stereocenters. The van der Waals surface area contributed by atoms with Crippen LogP contribution in [0.5, 0.6) is 0 Å². The number of esters is 1.